The van der Waals surface area contributed by atoms with Crippen molar-refractivity contribution < 1.29 is 17.9 Å². The molecule has 38 heavy (non-hydrogen) atoms. The topological polar surface area (TPSA) is 146 Å². The molecule has 0 saturated carbocycles. The van der Waals surface area contributed by atoms with Crippen molar-refractivity contribution >= 4 is 21.4 Å². The molecule has 0 spiro atoms. The average Bonchev–Trinajstić information content (AvgIpc) is 2.91. The molecule has 0 aliphatic heterocycles. The Kier molecular flexibility index (Phi) is 7.47. The lowest BCUT2D eigenvalue weighted by Crippen LogP contribution is -2.24. The Balaban J connectivity index is 1.50. The van der Waals surface area contributed by atoms with Gasteiger partial charge in [-0.05, 0) is 84.6 Å². The normalized spacial score (nSPS) is 10.7. The van der Waals surface area contributed by atoms with Gasteiger partial charge in [-0.2, -0.15) is 15.5 Å². The second-order valence-electron chi connectivity index (χ2n) is 8.40. The number of hydrogen-bond donors (Lipinski definition) is 1. The molecular formula is C28H21N5O4S. The monoisotopic (exact) mass is 523 g/mol. The number of nitriles is 2. The van der Waals surface area contributed by atoms with Crippen LogP contribution in [-0.2, 0) is 14.6 Å². The van der Waals surface area contributed by atoms with E-state index in [4.69, 9.17) is 15.3 Å². The van der Waals surface area contributed by atoms with Gasteiger partial charge in [0, 0.05) is 18.0 Å². The Morgan fingerprint density at radius 3 is 2.05 bits per heavy atom. The van der Waals surface area contributed by atoms with E-state index in [1.807, 2.05) is 44.2 Å². The number of amides is 1. The molecule has 0 bridgehead atoms. The fourth-order valence-corrected chi connectivity index (χ4v) is 4.71. The maximum Gasteiger partial charge on any atom is 0.250 e. The zero-order valence-electron chi connectivity index (χ0n) is 20.5. The van der Waals surface area contributed by atoms with Crippen molar-refractivity contribution in [3.8, 4) is 34.9 Å². The molecule has 0 atom stereocenters. The SMILES string of the molecule is Cc1cc(-c2ccc(C#N)cc2)cc(C)c1Oc1ccnc(S(=O)(=O)CC(=O)Nc2ccc(C#N)cc2)n1. The minimum Gasteiger partial charge on any atom is -0.438 e. The summed E-state index contributed by atoms with van der Waals surface area (Å²) in [6.45, 7) is 3.73. The number of benzene rings is 3. The van der Waals surface area contributed by atoms with E-state index in [-0.39, 0.29) is 5.88 Å². The van der Waals surface area contributed by atoms with Crippen LogP contribution >= 0.6 is 0 Å². The Labute approximate surface area is 219 Å². The third-order valence-corrected chi connectivity index (χ3v) is 6.91. The number of hydrogen-bond acceptors (Lipinski definition) is 8. The Hall–Kier alpha value is -5.06. The van der Waals surface area contributed by atoms with Crippen LogP contribution in [0.5, 0.6) is 11.6 Å². The van der Waals surface area contributed by atoms with Crippen LogP contribution in [0.15, 0.2) is 78.1 Å². The van der Waals surface area contributed by atoms with E-state index >= 15 is 0 Å². The van der Waals surface area contributed by atoms with Crippen molar-refractivity contribution in [1.29, 1.82) is 10.5 Å². The first kappa shape index (κ1) is 26.0. The van der Waals surface area contributed by atoms with E-state index in [1.165, 1.54) is 36.5 Å². The van der Waals surface area contributed by atoms with Crippen molar-refractivity contribution in [2.45, 2.75) is 19.0 Å². The molecule has 0 fully saturated rings. The van der Waals surface area contributed by atoms with Crippen molar-refractivity contribution in [2.24, 2.45) is 0 Å². The van der Waals surface area contributed by atoms with E-state index in [0.717, 1.165) is 22.3 Å². The van der Waals surface area contributed by atoms with Gasteiger partial charge < -0.3 is 10.1 Å². The number of aromatic nitrogens is 2. The Morgan fingerprint density at radius 1 is 0.895 bits per heavy atom. The summed E-state index contributed by atoms with van der Waals surface area (Å²) in [7, 11) is -4.17. The van der Waals surface area contributed by atoms with Gasteiger partial charge in [0.15, 0.2) is 0 Å². The predicted molar refractivity (Wildman–Crippen MR) is 140 cm³/mol. The van der Waals surface area contributed by atoms with Crippen molar-refractivity contribution in [3.63, 3.8) is 0 Å². The van der Waals surface area contributed by atoms with Crippen LogP contribution in [0.2, 0.25) is 0 Å². The highest BCUT2D eigenvalue weighted by atomic mass is 32.2. The van der Waals surface area contributed by atoms with Crippen LogP contribution in [0, 0.1) is 36.5 Å². The van der Waals surface area contributed by atoms with Crippen LogP contribution < -0.4 is 10.1 Å². The number of ether oxygens (including phenoxy) is 1. The fraction of sp³-hybridized carbons (Fsp3) is 0.107. The molecule has 0 aliphatic rings. The van der Waals surface area contributed by atoms with E-state index in [2.05, 4.69) is 21.4 Å². The van der Waals surface area contributed by atoms with Gasteiger partial charge in [0.2, 0.25) is 21.6 Å². The molecule has 1 heterocycles. The zero-order chi connectivity index (χ0) is 27.3. The van der Waals surface area contributed by atoms with Gasteiger partial charge in [0.1, 0.15) is 11.5 Å². The molecule has 0 aliphatic carbocycles. The number of rotatable bonds is 7. The van der Waals surface area contributed by atoms with E-state index < -0.39 is 26.7 Å². The van der Waals surface area contributed by atoms with Crippen LogP contribution in [0.1, 0.15) is 22.3 Å². The molecule has 0 unspecified atom stereocenters. The molecule has 0 saturated heterocycles. The van der Waals surface area contributed by atoms with Gasteiger partial charge in [0.25, 0.3) is 5.16 Å². The number of anilines is 1. The maximum absolute atomic E-state index is 12.8. The zero-order valence-corrected chi connectivity index (χ0v) is 21.3. The molecule has 4 rings (SSSR count). The first-order chi connectivity index (χ1) is 18.2. The van der Waals surface area contributed by atoms with Crippen LogP contribution in [-0.4, -0.2) is 30.0 Å². The summed E-state index contributed by atoms with van der Waals surface area (Å²) in [5.41, 5.74) is 4.83. The lowest BCUT2D eigenvalue weighted by molar-refractivity contribution is -0.113. The molecule has 188 valence electrons. The third-order valence-electron chi connectivity index (χ3n) is 5.52. The van der Waals surface area contributed by atoms with Crippen LogP contribution in [0.25, 0.3) is 11.1 Å². The number of carbonyl (C=O) groups excluding carboxylic acids is 1. The molecule has 4 aromatic rings. The smallest absolute Gasteiger partial charge is 0.250 e. The second kappa shape index (κ2) is 10.9. The summed E-state index contributed by atoms with van der Waals surface area (Å²) in [5, 5.41) is 19.8. The summed E-state index contributed by atoms with van der Waals surface area (Å²) in [6, 6.07) is 22.6. The average molecular weight is 524 g/mol. The maximum atomic E-state index is 12.8. The Bertz CT molecular complexity index is 1680. The molecule has 9 nitrogen and oxygen atoms in total. The Morgan fingerprint density at radius 2 is 1.47 bits per heavy atom. The first-order valence-electron chi connectivity index (χ1n) is 11.3. The predicted octanol–water partition coefficient (Wildman–Crippen LogP) is 4.71. The first-order valence-corrected chi connectivity index (χ1v) is 13.0. The highest BCUT2D eigenvalue weighted by Gasteiger charge is 2.23. The minimum absolute atomic E-state index is 0.0170. The highest BCUT2D eigenvalue weighted by molar-refractivity contribution is 7.92. The third kappa shape index (κ3) is 6.01. The standard InChI is InChI=1S/C28H21N5O4S/c1-18-13-23(22-7-3-20(15-29)4-8-22)14-19(2)27(18)37-26-11-12-31-28(33-26)38(35,36)17-25(34)32-24-9-5-21(16-30)6-10-24/h3-14H,17H2,1-2H3,(H,32,34). The molecule has 1 N–H and O–H groups in total. The van der Waals surface area contributed by atoms with Gasteiger partial charge in [-0.3, -0.25) is 4.79 Å². The van der Waals surface area contributed by atoms with Crippen LogP contribution in [0.4, 0.5) is 5.69 Å². The molecule has 1 aromatic heterocycles. The van der Waals surface area contributed by atoms with E-state index in [1.54, 1.807) is 12.1 Å². The van der Waals surface area contributed by atoms with Crippen molar-refractivity contribution in [2.75, 3.05) is 11.1 Å². The molecule has 1 amide bonds. The van der Waals surface area contributed by atoms with Gasteiger partial charge in [0.05, 0.1) is 23.3 Å². The van der Waals surface area contributed by atoms with Crippen LogP contribution in [0.3, 0.4) is 0 Å². The fourth-order valence-electron chi connectivity index (χ4n) is 3.71. The van der Waals surface area contributed by atoms with Gasteiger partial charge >= 0.3 is 0 Å². The summed E-state index contributed by atoms with van der Waals surface area (Å²) >= 11 is 0. The summed E-state index contributed by atoms with van der Waals surface area (Å²) in [6.07, 6.45) is 1.25. The summed E-state index contributed by atoms with van der Waals surface area (Å²) < 4.78 is 31.6. The molecule has 3 aromatic carbocycles. The highest BCUT2D eigenvalue weighted by Crippen LogP contribution is 2.33. The van der Waals surface area contributed by atoms with Crippen molar-refractivity contribution in [1.82, 2.24) is 9.97 Å². The number of nitrogens with zero attached hydrogens (tertiary/aromatic N) is 4. The number of aryl methyl sites for hydroxylation is 2. The second-order valence-corrected chi connectivity index (χ2v) is 10.3. The van der Waals surface area contributed by atoms with Gasteiger partial charge in [-0.1, -0.05) is 12.1 Å². The number of carbonyl (C=O) groups is 1. The minimum atomic E-state index is -4.17. The van der Waals surface area contributed by atoms with E-state index in [9.17, 15) is 13.2 Å². The van der Waals surface area contributed by atoms with E-state index in [0.29, 0.717) is 22.6 Å². The lowest BCUT2D eigenvalue weighted by Gasteiger charge is -2.14. The summed E-state index contributed by atoms with van der Waals surface area (Å²) in [5.74, 6) is -1.10. The molecule has 0 radical (unpaired) electrons. The van der Waals surface area contributed by atoms with Gasteiger partial charge in [-0.25, -0.2) is 13.4 Å². The summed E-state index contributed by atoms with van der Waals surface area (Å²) in [4.78, 5) is 20.2. The molecular weight excluding hydrogens is 502 g/mol. The number of sulfone groups is 1. The lowest BCUT2D eigenvalue weighted by atomic mass is 9.99. The molecule has 10 heteroatoms. The largest absolute Gasteiger partial charge is 0.438 e. The van der Waals surface area contributed by atoms with Crippen molar-refractivity contribution in [3.05, 3.63) is 95.2 Å². The van der Waals surface area contributed by atoms with Gasteiger partial charge in [-0.15, -0.1) is 0 Å². The number of nitrogens with one attached hydrogen (secondary N) is 1. The quantitative estimate of drug-likeness (QED) is 0.343.